The Balaban J connectivity index is 1.80. The molecule has 1 saturated heterocycles. The van der Waals surface area contributed by atoms with Gasteiger partial charge in [0.25, 0.3) is 0 Å². The SMILES string of the molecule is c1ccc(C2SCCN2C(c2ccccc2)(c2ccccc2)c2ccccc2)cc1. The Morgan fingerprint density at radius 3 is 1.40 bits per heavy atom. The van der Waals surface area contributed by atoms with Crippen LogP contribution in [0.5, 0.6) is 0 Å². The van der Waals surface area contributed by atoms with Gasteiger partial charge in [0.15, 0.2) is 0 Å². The minimum absolute atomic E-state index is 0.298. The monoisotopic (exact) mass is 407 g/mol. The maximum Gasteiger partial charge on any atom is 0.0984 e. The number of hydrogen-bond acceptors (Lipinski definition) is 2. The number of thioether (sulfide) groups is 1. The molecule has 0 aliphatic carbocycles. The highest BCUT2D eigenvalue weighted by Crippen LogP contribution is 2.51. The van der Waals surface area contributed by atoms with Gasteiger partial charge in [-0.2, -0.15) is 0 Å². The van der Waals surface area contributed by atoms with Crippen LogP contribution < -0.4 is 0 Å². The Morgan fingerprint density at radius 1 is 0.567 bits per heavy atom. The Labute approximate surface area is 183 Å². The first-order chi connectivity index (χ1) is 14.9. The summed E-state index contributed by atoms with van der Waals surface area (Å²) in [6.45, 7) is 1.03. The molecule has 0 bridgehead atoms. The summed E-state index contributed by atoms with van der Waals surface area (Å²) in [7, 11) is 0. The third-order valence-electron chi connectivity index (χ3n) is 5.98. The average Bonchev–Trinajstić information content (AvgIpc) is 3.33. The molecule has 1 fully saturated rings. The molecule has 1 unspecified atom stereocenters. The predicted molar refractivity (Wildman–Crippen MR) is 128 cm³/mol. The first kappa shape index (κ1) is 19.2. The van der Waals surface area contributed by atoms with Crippen LogP contribution in [-0.4, -0.2) is 17.2 Å². The predicted octanol–water partition coefficient (Wildman–Crippen LogP) is 6.73. The maximum atomic E-state index is 2.70. The van der Waals surface area contributed by atoms with Gasteiger partial charge in [-0.25, -0.2) is 0 Å². The molecule has 4 aromatic carbocycles. The molecule has 0 N–H and O–H groups in total. The largest absolute Gasteiger partial charge is 0.269 e. The van der Waals surface area contributed by atoms with Crippen LogP contribution in [0.4, 0.5) is 0 Å². The fourth-order valence-electron chi connectivity index (χ4n) is 4.74. The second kappa shape index (κ2) is 8.51. The van der Waals surface area contributed by atoms with Crippen molar-refractivity contribution in [1.29, 1.82) is 0 Å². The lowest BCUT2D eigenvalue weighted by Gasteiger charge is -2.46. The van der Waals surface area contributed by atoms with E-state index in [1.165, 1.54) is 22.3 Å². The van der Waals surface area contributed by atoms with Crippen LogP contribution in [0.2, 0.25) is 0 Å². The average molecular weight is 408 g/mol. The van der Waals surface area contributed by atoms with E-state index in [4.69, 9.17) is 0 Å². The van der Waals surface area contributed by atoms with Crippen LogP contribution in [0.3, 0.4) is 0 Å². The number of benzene rings is 4. The second-order valence-corrected chi connectivity index (χ2v) is 8.82. The van der Waals surface area contributed by atoms with Gasteiger partial charge in [-0.15, -0.1) is 11.8 Å². The first-order valence-electron chi connectivity index (χ1n) is 10.5. The quantitative estimate of drug-likeness (QED) is 0.338. The lowest BCUT2D eigenvalue weighted by molar-refractivity contribution is 0.164. The van der Waals surface area contributed by atoms with E-state index in [0.29, 0.717) is 5.37 Å². The summed E-state index contributed by atoms with van der Waals surface area (Å²) < 4.78 is 0. The van der Waals surface area contributed by atoms with Crippen molar-refractivity contribution >= 4 is 11.8 Å². The lowest BCUT2D eigenvalue weighted by Crippen LogP contribution is -2.47. The summed E-state index contributed by atoms with van der Waals surface area (Å²) in [6, 6.07) is 43.9. The fourth-order valence-corrected chi connectivity index (χ4v) is 6.06. The fraction of sp³-hybridized carbons (Fsp3) is 0.143. The van der Waals surface area contributed by atoms with E-state index in [1.54, 1.807) is 0 Å². The van der Waals surface area contributed by atoms with E-state index in [1.807, 2.05) is 11.8 Å². The summed E-state index contributed by atoms with van der Waals surface area (Å²) in [5, 5.41) is 0.298. The molecule has 1 atom stereocenters. The van der Waals surface area contributed by atoms with Crippen molar-refractivity contribution in [2.75, 3.05) is 12.3 Å². The highest BCUT2D eigenvalue weighted by molar-refractivity contribution is 7.99. The number of nitrogens with zero attached hydrogens (tertiary/aromatic N) is 1. The van der Waals surface area contributed by atoms with E-state index in [-0.39, 0.29) is 5.54 Å². The molecule has 1 aliphatic rings. The highest BCUT2D eigenvalue weighted by atomic mass is 32.2. The molecule has 1 heterocycles. The van der Waals surface area contributed by atoms with Gasteiger partial charge in [-0.1, -0.05) is 121 Å². The summed E-state index contributed by atoms with van der Waals surface area (Å²) in [4.78, 5) is 2.70. The zero-order chi connectivity index (χ0) is 20.2. The lowest BCUT2D eigenvalue weighted by atomic mass is 9.75. The van der Waals surface area contributed by atoms with E-state index < -0.39 is 0 Å². The standard InChI is InChI=1S/C28H25NS/c1-5-13-23(14-6-1)27-29(21-22-30-27)28(24-15-7-2-8-16-24,25-17-9-3-10-18-25)26-19-11-4-12-20-26/h1-20,27H,21-22H2. The first-order valence-corrected chi connectivity index (χ1v) is 11.6. The van der Waals surface area contributed by atoms with Crippen LogP contribution in [0.1, 0.15) is 27.6 Å². The molecule has 0 spiro atoms. The van der Waals surface area contributed by atoms with Crippen LogP contribution in [-0.2, 0) is 5.54 Å². The topological polar surface area (TPSA) is 3.24 Å². The van der Waals surface area contributed by atoms with E-state index in [2.05, 4.69) is 126 Å². The number of rotatable bonds is 5. The smallest absolute Gasteiger partial charge is 0.0984 e. The normalized spacial score (nSPS) is 17.1. The van der Waals surface area contributed by atoms with E-state index in [9.17, 15) is 0 Å². The van der Waals surface area contributed by atoms with Gasteiger partial charge in [-0.3, -0.25) is 4.90 Å². The van der Waals surface area contributed by atoms with Crippen LogP contribution >= 0.6 is 11.8 Å². The van der Waals surface area contributed by atoms with Crippen molar-refractivity contribution in [2.45, 2.75) is 10.9 Å². The highest BCUT2D eigenvalue weighted by Gasteiger charge is 2.47. The molecular formula is C28H25NS. The minimum Gasteiger partial charge on any atom is -0.269 e. The molecule has 30 heavy (non-hydrogen) atoms. The Bertz CT molecular complexity index is 968. The van der Waals surface area contributed by atoms with Crippen molar-refractivity contribution < 1.29 is 0 Å². The van der Waals surface area contributed by atoms with Gasteiger partial charge in [0, 0.05) is 12.3 Å². The summed E-state index contributed by atoms with van der Waals surface area (Å²) in [5.41, 5.74) is 4.95. The molecule has 2 heteroatoms. The molecule has 0 amide bonds. The summed E-state index contributed by atoms with van der Waals surface area (Å²) in [5.74, 6) is 1.12. The molecule has 5 rings (SSSR count). The van der Waals surface area contributed by atoms with Gasteiger partial charge in [-0.05, 0) is 22.3 Å². The Morgan fingerprint density at radius 2 is 0.967 bits per heavy atom. The molecule has 1 nitrogen and oxygen atoms in total. The van der Waals surface area contributed by atoms with Crippen molar-refractivity contribution in [1.82, 2.24) is 4.90 Å². The molecule has 0 saturated carbocycles. The van der Waals surface area contributed by atoms with Crippen LogP contribution in [0.25, 0.3) is 0 Å². The summed E-state index contributed by atoms with van der Waals surface area (Å²) in [6.07, 6.45) is 0. The molecule has 4 aromatic rings. The van der Waals surface area contributed by atoms with E-state index in [0.717, 1.165) is 12.3 Å². The third-order valence-corrected chi connectivity index (χ3v) is 7.24. The minimum atomic E-state index is -0.353. The van der Waals surface area contributed by atoms with Gasteiger partial charge < -0.3 is 0 Å². The Kier molecular flexibility index (Phi) is 5.44. The van der Waals surface area contributed by atoms with Crippen LogP contribution in [0.15, 0.2) is 121 Å². The second-order valence-electron chi connectivity index (χ2n) is 7.64. The molecule has 148 valence electrons. The molecule has 0 radical (unpaired) electrons. The van der Waals surface area contributed by atoms with Crippen molar-refractivity contribution in [3.05, 3.63) is 144 Å². The molecular weight excluding hydrogens is 382 g/mol. The van der Waals surface area contributed by atoms with Crippen LogP contribution in [0, 0.1) is 0 Å². The van der Waals surface area contributed by atoms with Crippen molar-refractivity contribution in [3.63, 3.8) is 0 Å². The summed E-state index contributed by atoms with van der Waals surface area (Å²) >= 11 is 2.04. The molecule has 1 aliphatic heterocycles. The van der Waals surface area contributed by atoms with E-state index >= 15 is 0 Å². The van der Waals surface area contributed by atoms with Gasteiger partial charge in [0.1, 0.15) is 0 Å². The van der Waals surface area contributed by atoms with Gasteiger partial charge in [0.05, 0.1) is 10.9 Å². The molecule has 0 aromatic heterocycles. The number of hydrogen-bond donors (Lipinski definition) is 0. The van der Waals surface area contributed by atoms with Gasteiger partial charge in [0.2, 0.25) is 0 Å². The third kappa shape index (κ3) is 3.27. The van der Waals surface area contributed by atoms with Gasteiger partial charge >= 0.3 is 0 Å². The Hall–Kier alpha value is -2.81. The zero-order valence-electron chi connectivity index (χ0n) is 16.9. The maximum absolute atomic E-state index is 2.70. The zero-order valence-corrected chi connectivity index (χ0v) is 17.7. The van der Waals surface area contributed by atoms with Crippen molar-refractivity contribution in [3.8, 4) is 0 Å². The van der Waals surface area contributed by atoms with Crippen molar-refractivity contribution in [2.24, 2.45) is 0 Å².